The fourth-order valence-corrected chi connectivity index (χ4v) is 4.38. The minimum atomic E-state index is -0.0695. The van der Waals surface area contributed by atoms with E-state index in [-0.39, 0.29) is 11.7 Å². The first kappa shape index (κ1) is 18.6. The normalized spacial score (nSPS) is 10.5. The zero-order valence-electron chi connectivity index (χ0n) is 14.4. The van der Waals surface area contributed by atoms with E-state index in [1.165, 1.54) is 23.1 Å². The summed E-state index contributed by atoms with van der Waals surface area (Å²) >= 11 is 8.17. The Morgan fingerprint density at radius 1 is 1.19 bits per heavy atom. The predicted molar refractivity (Wildman–Crippen MR) is 112 cm³/mol. The fraction of sp³-hybridized carbons (Fsp3) is 0.167. The molecule has 0 radical (unpaired) electrons. The van der Waals surface area contributed by atoms with Gasteiger partial charge < -0.3 is 10.2 Å². The Kier molecular flexibility index (Phi) is 6.08. The summed E-state index contributed by atoms with van der Waals surface area (Å²) in [4.78, 5) is 14.2. The zero-order valence-corrected chi connectivity index (χ0v) is 16.8. The van der Waals surface area contributed by atoms with Gasteiger partial charge in [0.2, 0.25) is 5.91 Å². The number of hydrogen-bond acceptors (Lipinski definition) is 6. The van der Waals surface area contributed by atoms with Crippen molar-refractivity contribution in [2.45, 2.75) is 4.34 Å². The monoisotopic (exact) mass is 402 g/mol. The van der Waals surface area contributed by atoms with Gasteiger partial charge in [0.15, 0.2) is 8.29 Å². The third kappa shape index (κ3) is 4.72. The summed E-state index contributed by atoms with van der Waals surface area (Å²) in [6.45, 7) is 0. The van der Waals surface area contributed by atoms with Crippen molar-refractivity contribution in [1.82, 2.24) is 9.78 Å². The summed E-state index contributed by atoms with van der Waals surface area (Å²) in [5, 5.41) is 7.40. The second-order valence-corrected chi connectivity index (χ2v) is 8.50. The molecule has 0 saturated heterocycles. The number of rotatable bonds is 6. The smallest absolute Gasteiger partial charge is 0.234 e. The van der Waals surface area contributed by atoms with Crippen LogP contribution in [-0.2, 0) is 4.79 Å². The Labute approximate surface area is 165 Å². The van der Waals surface area contributed by atoms with Crippen LogP contribution in [0, 0.1) is 3.95 Å². The van der Waals surface area contributed by atoms with Crippen LogP contribution in [0.1, 0.15) is 0 Å². The highest BCUT2D eigenvalue weighted by Crippen LogP contribution is 2.24. The summed E-state index contributed by atoms with van der Waals surface area (Å²) in [5.41, 5.74) is 2.79. The molecular weight excluding hydrogens is 384 g/mol. The van der Waals surface area contributed by atoms with E-state index in [0.717, 1.165) is 21.4 Å². The van der Waals surface area contributed by atoms with Crippen LogP contribution in [0.3, 0.4) is 0 Å². The summed E-state index contributed by atoms with van der Waals surface area (Å²) in [6.07, 6.45) is 0. The number of aromatic nitrogens is 2. The van der Waals surface area contributed by atoms with Crippen LogP contribution in [0.25, 0.3) is 5.69 Å². The number of nitrogens with zero attached hydrogens (tertiary/aromatic N) is 3. The van der Waals surface area contributed by atoms with E-state index in [1.807, 2.05) is 73.6 Å². The molecule has 0 unspecified atom stereocenters. The molecular formula is C18H18N4OS3. The lowest BCUT2D eigenvalue weighted by Gasteiger charge is -2.12. The van der Waals surface area contributed by atoms with E-state index in [2.05, 4.69) is 10.4 Å². The van der Waals surface area contributed by atoms with Gasteiger partial charge in [0.05, 0.1) is 11.4 Å². The third-order valence-corrected chi connectivity index (χ3v) is 5.89. The highest BCUT2D eigenvalue weighted by molar-refractivity contribution is 8.01. The quantitative estimate of drug-likeness (QED) is 0.487. The maximum atomic E-state index is 12.2. The van der Waals surface area contributed by atoms with Crippen LogP contribution in [0.5, 0.6) is 0 Å². The molecule has 0 aliphatic heterocycles. The first-order valence-electron chi connectivity index (χ1n) is 7.88. The van der Waals surface area contributed by atoms with Crippen molar-refractivity contribution in [3.8, 4) is 5.69 Å². The van der Waals surface area contributed by atoms with Gasteiger partial charge in [-0.1, -0.05) is 41.3 Å². The number of para-hydroxylation sites is 1. The highest BCUT2D eigenvalue weighted by Gasteiger charge is 2.09. The first-order valence-corrected chi connectivity index (χ1v) is 10.1. The molecule has 0 aliphatic rings. The number of carbonyl (C=O) groups excluding carboxylic acids is 1. The predicted octanol–water partition coefficient (Wildman–Crippen LogP) is 4.46. The van der Waals surface area contributed by atoms with Crippen LogP contribution in [0.15, 0.2) is 58.9 Å². The molecule has 0 bridgehead atoms. The summed E-state index contributed by atoms with van der Waals surface area (Å²) in [7, 11) is 3.96. The molecule has 0 atom stereocenters. The van der Waals surface area contributed by atoms with Crippen LogP contribution in [0.4, 0.5) is 11.4 Å². The molecule has 1 amide bonds. The van der Waals surface area contributed by atoms with Gasteiger partial charge >= 0.3 is 0 Å². The summed E-state index contributed by atoms with van der Waals surface area (Å²) in [6, 6.07) is 17.5. The van der Waals surface area contributed by atoms with Crippen molar-refractivity contribution in [3.63, 3.8) is 0 Å². The topological polar surface area (TPSA) is 50.2 Å². The Morgan fingerprint density at radius 3 is 2.54 bits per heavy atom. The Balaban J connectivity index is 1.59. The van der Waals surface area contributed by atoms with E-state index in [1.54, 1.807) is 4.68 Å². The minimum absolute atomic E-state index is 0.0695. The van der Waals surface area contributed by atoms with Crippen molar-refractivity contribution < 1.29 is 4.79 Å². The summed E-state index contributed by atoms with van der Waals surface area (Å²) in [5.74, 6) is 0.215. The van der Waals surface area contributed by atoms with E-state index in [9.17, 15) is 4.79 Å². The van der Waals surface area contributed by atoms with Gasteiger partial charge in [-0.15, -0.1) is 5.10 Å². The van der Waals surface area contributed by atoms with Gasteiger partial charge in [-0.25, -0.2) is 4.68 Å². The SMILES string of the molecule is CN(C)c1ccc(NC(=O)CSc2nn(-c3ccccc3)c(=S)s2)cc1. The molecule has 3 aromatic rings. The molecule has 0 aliphatic carbocycles. The van der Waals surface area contributed by atoms with Crippen molar-refractivity contribution in [2.24, 2.45) is 0 Å². The number of benzene rings is 2. The summed E-state index contributed by atoms with van der Waals surface area (Å²) < 4.78 is 3.16. The molecule has 1 N–H and O–H groups in total. The molecule has 2 aromatic carbocycles. The lowest BCUT2D eigenvalue weighted by Crippen LogP contribution is -2.14. The standard InChI is InChI=1S/C18H18N4OS3/c1-21(2)14-10-8-13(9-11-14)19-16(23)12-25-17-20-22(18(24)26-17)15-6-4-3-5-7-15/h3-11H,12H2,1-2H3,(H,19,23). The molecule has 0 fully saturated rings. The second-order valence-electron chi connectivity index (χ2n) is 5.66. The van der Waals surface area contributed by atoms with Crippen molar-refractivity contribution in [2.75, 3.05) is 30.1 Å². The fourth-order valence-electron chi connectivity index (χ4n) is 2.22. The van der Waals surface area contributed by atoms with Crippen LogP contribution in [-0.4, -0.2) is 35.5 Å². The van der Waals surface area contributed by atoms with Crippen molar-refractivity contribution in [3.05, 3.63) is 58.6 Å². The second kappa shape index (κ2) is 8.48. The molecule has 3 rings (SSSR count). The molecule has 134 valence electrons. The molecule has 0 saturated carbocycles. The molecule has 1 heterocycles. The molecule has 26 heavy (non-hydrogen) atoms. The Morgan fingerprint density at radius 2 is 1.88 bits per heavy atom. The lowest BCUT2D eigenvalue weighted by atomic mass is 10.2. The lowest BCUT2D eigenvalue weighted by molar-refractivity contribution is -0.113. The van der Waals surface area contributed by atoms with Gasteiger partial charge in [-0.05, 0) is 48.6 Å². The zero-order chi connectivity index (χ0) is 18.5. The van der Waals surface area contributed by atoms with Crippen molar-refractivity contribution in [1.29, 1.82) is 0 Å². The molecule has 0 spiro atoms. The number of amides is 1. The number of hydrogen-bond donors (Lipinski definition) is 1. The molecule has 5 nitrogen and oxygen atoms in total. The number of carbonyl (C=O) groups is 1. The van der Waals surface area contributed by atoms with Crippen LogP contribution < -0.4 is 10.2 Å². The van der Waals surface area contributed by atoms with Crippen molar-refractivity contribution >= 4 is 52.6 Å². The van der Waals surface area contributed by atoms with E-state index in [4.69, 9.17) is 12.2 Å². The van der Waals surface area contributed by atoms with E-state index >= 15 is 0 Å². The van der Waals surface area contributed by atoms with Crippen LogP contribution in [0.2, 0.25) is 0 Å². The van der Waals surface area contributed by atoms with Gasteiger partial charge in [-0.2, -0.15) is 0 Å². The number of nitrogens with one attached hydrogen (secondary N) is 1. The Hall–Kier alpha value is -2.16. The maximum absolute atomic E-state index is 12.2. The van der Waals surface area contributed by atoms with Gasteiger partial charge in [0, 0.05) is 25.5 Å². The Bertz CT molecular complexity index is 933. The number of anilines is 2. The molecule has 1 aromatic heterocycles. The van der Waals surface area contributed by atoms with Gasteiger partial charge in [-0.3, -0.25) is 4.79 Å². The largest absolute Gasteiger partial charge is 0.378 e. The third-order valence-electron chi connectivity index (χ3n) is 3.52. The average molecular weight is 403 g/mol. The minimum Gasteiger partial charge on any atom is -0.378 e. The molecule has 8 heteroatoms. The van der Waals surface area contributed by atoms with E-state index in [0.29, 0.717) is 3.95 Å². The highest BCUT2D eigenvalue weighted by atomic mass is 32.2. The first-order chi connectivity index (χ1) is 12.5. The average Bonchev–Trinajstić information content (AvgIpc) is 3.02. The van der Waals surface area contributed by atoms with Gasteiger partial charge in [0.25, 0.3) is 0 Å². The number of thioether (sulfide) groups is 1. The van der Waals surface area contributed by atoms with E-state index < -0.39 is 0 Å². The van der Waals surface area contributed by atoms with Gasteiger partial charge in [0.1, 0.15) is 0 Å². The maximum Gasteiger partial charge on any atom is 0.234 e. The van der Waals surface area contributed by atoms with Crippen LogP contribution >= 0.6 is 35.3 Å².